The summed E-state index contributed by atoms with van der Waals surface area (Å²) in [6, 6.07) is 13.5. The van der Waals surface area contributed by atoms with Gasteiger partial charge in [0.25, 0.3) is 5.91 Å². The third kappa shape index (κ3) is 3.62. The van der Waals surface area contributed by atoms with E-state index in [0.717, 1.165) is 12.0 Å². The summed E-state index contributed by atoms with van der Waals surface area (Å²) >= 11 is 0. The van der Waals surface area contributed by atoms with Crippen LogP contribution in [0.1, 0.15) is 21.6 Å². The summed E-state index contributed by atoms with van der Waals surface area (Å²) in [5, 5.41) is 10.8. The minimum absolute atomic E-state index is 0.0961. The molecule has 2 heterocycles. The second-order valence-electron chi connectivity index (χ2n) is 6.55. The molecule has 28 heavy (non-hydrogen) atoms. The van der Waals surface area contributed by atoms with Crippen LogP contribution >= 0.6 is 0 Å². The first-order valence-electron chi connectivity index (χ1n) is 9.07. The van der Waals surface area contributed by atoms with Crippen molar-refractivity contribution in [2.24, 2.45) is 0 Å². The lowest BCUT2D eigenvalue weighted by Gasteiger charge is -2.18. The number of carbonyl (C=O) groups is 1. The largest absolute Gasteiger partial charge is 0.486 e. The quantitative estimate of drug-likeness (QED) is 0.702. The lowest BCUT2D eigenvalue weighted by molar-refractivity contribution is 0.0950. The van der Waals surface area contributed by atoms with Gasteiger partial charge in [-0.2, -0.15) is 4.68 Å². The van der Waals surface area contributed by atoms with E-state index in [9.17, 15) is 4.79 Å². The fraction of sp³-hybridized carbons (Fsp3) is 0.250. The molecule has 1 aliphatic rings. The van der Waals surface area contributed by atoms with Crippen LogP contribution in [0.25, 0.3) is 5.69 Å². The van der Waals surface area contributed by atoms with Crippen LogP contribution in [0.4, 0.5) is 5.82 Å². The van der Waals surface area contributed by atoms with Gasteiger partial charge in [0.05, 0.1) is 5.69 Å². The zero-order valence-corrected chi connectivity index (χ0v) is 15.5. The molecule has 8 nitrogen and oxygen atoms in total. The SMILES string of the molecule is Cc1ccc(CCNC(=O)c2nnn(-c3ccc4c(c3)OCCO4)c2N)cc1. The van der Waals surface area contributed by atoms with Crippen LogP contribution in [0, 0.1) is 6.92 Å². The van der Waals surface area contributed by atoms with Crippen molar-refractivity contribution >= 4 is 11.7 Å². The number of ether oxygens (including phenoxy) is 2. The molecule has 2 aromatic carbocycles. The van der Waals surface area contributed by atoms with Crippen molar-refractivity contribution in [1.29, 1.82) is 0 Å². The summed E-state index contributed by atoms with van der Waals surface area (Å²) in [5.41, 5.74) is 9.22. The Labute approximate surface area is 162 Å². The molecule has 0 fully saturated rings. The number of nitrogen functional groups attached to an aromatic ring is 1. The molecule has 8 heteroatoms. The van der Waals surface area contributed by atoms with Crippen LogP contribution in [0.2, 0.25) is 0 Å². The van der Waals surface area contributed by atoms with Gasteiger partial charge >= 0.3 is 0 Å². The van der Waals surface area contributed by atoms with Crippen molar-refractivity contribution in [3.8, 4) is 17.2 Å². The first-order chi connectivity index (χ1) is 13.6. The van der Waals surface area contributed by atoms with Crippen molar-refractivity contribution in [2.75, 3.05) is 25.5 Å². The number of amides is 1. The number of nitrogens with one attached hydrogen (secondary N) is 1. The minimum Gasteiger partial charge on any atom is -0.486 e. The van der Waals surface area contributed by atoms with E-state index in [1.807, 2.05) is 31.2 Å². The van der Waals surface area contributed by atoms with Gasteiger partial charge in [0.15, 0.2) is 23.0 Å². The molecule has 1 aliphatic heterocycles. The number of aromatic nitrogens is 3. The van der Waals surface area contributed by atoms with E-state index >= 15 is 0 Å². The van der Waals surface area contributed by atoms with E-state index in [0.29, 0.717) is 36.9 Å². The highest BCUT2D eigenvalue weighted by Crippen LogP contribution is 2.32. The van der Waals surface area contributed by atoms with Gasteiger partial charge in [-0.1, -0.05) is 35.0 Å². The third-order valence-electron chi connectivity index (χ3n) is 4.51. The van der Waals surface area contributed by atoms with E-state index in [1.54, 1.807) is 18.2 Å². The Balaban J connectivity index is 1.44. The highest BCUT2D eigenvalue weighted by atomic mass is 16.6. The smallest absolute Gasteiger partial charge is 0.275 e. The van der Waals surface area contributed by atoms with Crippen LogP contribution in [-0.2, 0) is 6.42 Å². The van der Waals surface area contributed by atoms with Crippen molar-refractivity contribution in [3.63, 3.8) is 0 Å². The zero-order chi connectivity index (χ0) is 19.5. The number of fused-ring (bicyclic) bond motifs is 1. The molecular formula is C20H21N5O3. The van der Waals surface area contributed by atoms with E-state index < -0.39 is 0 Å². The van der Waals surface area contributed by atoms with E-state index in [2.05, 4.69) is 15.6 Å². The second kappa shape index (κ2) is 7.59. The molecule has 0 aliphatic carbocycles. The van der Waals surface area contributed by atoms with Gasteiger partial charge in [-0.3, -0.25) is 4.79 Å². The van der Waals surface area contributed by atoms with Gasteiger partial charge in [-0.25, -0.2) is 0 Å². The fourth-order valence-corrected chi connectivity index (χ4v) is 2.96. The number of hydrogen-bond acceptors (Lipinski definition) is 6. The molecule has 3 N–H and O–H groups in total. The number of benzene rings is 2. The predicted molar refractivity (Wildman–Crippen MR) is 104 cm³/mol. The number of nitrogens with zero attached hydrogens (tertiary/aromatic N) is 3. The Morgan fingerprint density at radius 2 is 1.89 bits per heavy atom. The molecule has 0 unspecified atom stereocenters. The van der Waals surface area contributed by atoms with Gasteiger partial charge in [-0.15, -0.1) is 5.10 Å². The van der Waals surface area contributed by atoms with E-state index in [1.165, 1.54) is 10.2 Å². The molecule has 0 radical (unpaired) electrons. The Morgan fingerprint density at radius 3 is 2.68 bits per heavy atom. The van der Waals surface area contributed by atoms with E-state index in [4.69, 9.17) is 15.2 Å². The molecule has 0 bridgehead atoms. The molecule has 0 atom stereocenters. The molecule has 0 spiro atoms. The maximum absolute atomic E-state index is 12.4. The summed E-state index contributed by atoms with van der Waals surface area (Å²) in [4.78, 5) is 12.4. The van der Waals surface area contributed by atoms with Crippen LogP contribution < -0.4 is 20.5 Å². The van der Waals surface area contributed by atoms with Crippen LogP contribution in [0.3, 0.4) is 0 Å². The van der Waals surface area contributed by atoms with Gasteiger partial charge in [0.1, 0.15) is 13.2 Å². The summed E-state index contributed by atoms with van der Waals surface area (Å²) in [5.74, 6) is 1.10. The van der Waals surface area contributed by atoms with Crippen molar-refractivity contribution in [2.45, 2.75) is 13.3 Å². The van der Waals surface area contributed by atoms with Crippen LogP contribution in [0.5, 0.6) is 11.5 Å². The predicted octanol–water partition coefficient (Wildman–Crippen LogP) is 1.90. The lowest BCUT2D eigenvalue weighted by Crippen LogP contribution is -2.27. The van der Waals surface area contributed by atoms with E-state index in [-0.39, 0.29) is 17.4 Å². The maximum Gasteiger partial charge on any atom is 0.275 e. The maximum atomic E-state index is 12.4. The second-order valence-corrected chi connectivity index (χ2v) is 6.55. The summed E-state index contributed by atoms with van der Waals surface area (Å²) in [6.07, 6.45) is 0.724. The van der Waals surface area contributed by atoms with Crippen LogP contribution in [0.15, 0.2) is 42.5 Å². The van der Waals surface area contributed by atoms with Gasteiger partial charge < -0.3 is 20.5 Å². The summed E-state index contributed by atoms with van der Waals surface area (Å²) in [6.45, 7) is 3.53. The van der Waals surface area contributed by atoms with Gasteiger partial charge in [0.2, 0.25) is 0 Å². The average molecular weight is 379 g/mol. The highest BCUT2D eigenvalue weighted by Gasteiger charge is 2.20. The zero-order valence-electron chi connectivity index (χ0n) is 15.5. The Kier molecular flexibility index (Phi) is 4.84. The molecule has 3 aromatic rings. The number of aryl methyl sites for hydroxylation is 1. The first kappa shape index (κ1) is 17.8. The Hall–Kier alpha value is -3.55. The average Bonchev–Trinajstić information content (AvgIpc) is 3.10. The number of anilines is 1. The standard InChI is InChI=1S/C20H21N5O3/c1-13-2-4-14(5-3-13)8-9-22-20(26)18-19(21)25(24-23-18)15-6-7-16-17(12-15)28-11-10-27-16/h2-7,12H,8-11,21H2,1H3,(H,22,26). The number of hydrogen-bond donors (Lipinski definition) is 2. The molecule has 0 saturated heterocycles. The molecule has 1 aromatic heterocycles. The normalized spacial score (nSPS) is 12.6. The summed E-state index contributed by atoms with van der Waals surface area (Å²) in [7, 11) is 0. The molecular weight excluding hydrogens is 358 g/mol. The van der Waals surface area contributed by atoms with Crippen molar-refractivity contribution in [3.05, 3.63) is 59.3 Å². The van der Waals surface area contributed by atoms with Crippen LogP contribution in [-0.4, -0.2) is 40.7 Å². The summed E-state index contributed by atoms with van der Waals surface area (Å²) < 4.78 is 12.5. The topological polar surface area (TPSA) is 104 Å². The number of rotatable bonds is 5. The monoisotopic (exact) mass is 379 g/mol. The first-order valence-corrected chi connectivity index (χ1v) is 9.07. The van der Waals surface area contributed by atoms with Gasteiger partial charge in [0, 0.05) is 12.6 Å². The Morgan fingerprint density at radius 1 is 1.14 bits per heavy atom. The minimum atomic E-state index is -0.353. The third-order valence-corrected chi connectivity index (χ3v) is 4.51. The Bertz CT molecular complexity index is 998. The van der Waals surface area contributed by atoms with Crippen molar-refractivity contribution < 1.29 is 14.3 Å². The molecule has 1 amide bonds. The number of carbonyl (C=O) groups excluding carboxylic acids is 1. The van der Waals surface area contributed by atoms with Gasteiger partial charge in [-0.05, 0) is 31.0 Å². The molecule has 0 saturated carbocycles. The molecule has 4 rings (SSSR count). The lowest BCUT2D eigenvalue weighted by atomic mass is 10.1. The number of nitrogens with two attached hydrogens (primary N) is 1. The fourth-order valence-electron chi connectivity index (χ4n) is 2.96. The van der Waals surface area contributed by atoms with Crippen molar-refractivity contribution in [1.82, 2.24) is 20.3 Å². The molecule has 144 valence electrons. The highest BCUT2D eigenvalue weighted by molar-refractivity contribution is 5.96.